The Morgan fingerprint density at radius 1 is 1.22 bits per heavy atom. The summed E-state index contributed by atoms with van der Waals surface area (Å²) >= 11 is 0. The summed E-state index contributed by atoms with van der Waals surface area (Å²) in [5, 5.41) is 13.7. The highest BCUT2D eigenvalue weighted by Crippen LogP contribution is 2.32. The fourth-order valence-corrected chi connectivity index (χ4v) is 3.04. The van der Waals surface area contributed by atoms with E-state index >= 15 is 0 Å². The Kier molecular flexibility index (Phi) is 4.95. The summed E-state index contributed by atoms with van der Waals surface area (Å²) in [5.74, 6) is 0.695. The number of hydrogen-bond donors (Lipinski definition) is 1. The third-order valence-electron chi connectivity index (χ3n) is 4.18. The summed E-state index contributed by atoms with van der Waals surface area (Å²) in [6.45, 7) is 3.68. The zero-order valence-corrected chi connectivity index (χ0v) is 13.5. The Balaban J connectivity index is 1.79. The maximum Gasteiger partial charge on any atom is 0.210 e. The van der Waals surface area contributed by atoms with Crippen LogP contribution in [0.2, 0.25) is 0 Å². The molecule has 5 nitrogen and oxygen atoms in total. The first-order valence-electron chi connectivity index (χ1n) is 8.29. The van der Waals surface area contributed by atoms with Crippen molar-refractivity contribution in [1.82, 2.24) is 14.8 Å². The molecule has 2 heterocycles. The van der Waals surface area contributed by atoms with Gasteiger partial charge in [-0.25, -0.2) is 4.98 Å². The molecular formula is C18H23N3O2. The van der Waals surface area contributed by atoms with Crippen LogP contribution in [0.15, 0.2) is 36.2 Å². The summed E-state index contributed by atoms with van der Waals surface area (Å²) in [6, 6.07) is 5.40. The predicted molar refractivity (Wildman–Crippen MR) is 89.3 cm³/mol. The molecular weight excluding hydrogens is 290 g/mol. The smallest absolute Gasteiger partial charge is 0.210 e. The normalized spacial score (nSPS) is 15.0. The minimum Gasteiger partial charge on any atom is -0.493 e. The molecule has 122 valence electrons. The quantitative estimate of drug-likeness (QED) is 0.881. The number of hydrogen-bond acceptors (Lipinski definition) is 4. The Morgan fingerprint density at radius 2 is 2.09 bits per heavy atom. The fraction of sp³-hybridized carbons (Fsp3) is 0.444. The maximum absolute atomic E-state index is 9.24. The van der Waals surface area contributed by atoms with Gasteiger partial charge in [-0.1, -0.05) is 6.92 Å². The Labute approximate surface area is 136 Å². The third kappa shape index (κ3) is 3.73. The van der Waals surface area contributed by atoms with Crippen LogP contribution in [0, 0.1) is 0 Å². The van der Waals surface area contributed by atoms with Crippen LogP contribution >= 0.6 is 0 Å². The zero-order chi connectivity index (χ0) is 16.1. The van der Waals surface area contributed by atoms with E-state index in [0.717, 1.165) is 25.8 Å². The molecule has 1 aliphatic rings. The highest BCUT2D eigenvalue weighted by molar-refractivity contribution is 5.67. The van der Waals surface area contributed by atoms with Crippen LogP contribution < -0.4 is 4.74 Å². The van der Waals surface area contributed by atoms with Crippen LogP contribution in [0.3, 0.4) is 0 Å². The van der Waals surface area contributed by atoms with Crippen LogP contribution in [-0.2, 0) is 6.54 Å². The van der Waals surface area contributed by atoms with Crippen molar-refractivity contribution in [3.63, 3.8) is 0 Å². The van der Waals surface area contributed by atoms with Gasteiger partial charge < -0.3 is 9.84 Å². The first-order chi connectivity index (χ1) is 11.3. The molecule has 0 saturated heterocycles. The second kappa shape index (κ2) is 7.31. The second-order valence-electron chi connectivity index (χ2n) is 5.87. The Morgan fingerprint density at radius 3 is 2.87 bits per heavy atom. The highest BCUT2D eigenvalue weighted by Gasteiger charge is 2.18. The van der Waals surface area contributed by atoms with E-state index in [2.05, 4.69) is 27.8 Å². The molecule has 0 aromatic carbocycles. The molecule has 23 heavy (non-hydrogen) atoms. The lowest BCUT2D eigenvalue weighted by atomic mass is 9.90. The summed E-state index contributed by atoms with van der Waals surface area (Å²) in [5.41, 5.74) is 3.96. The lowest BCUT2D eigenvalue weighted by molar-refractivity contribution is 0.341. The molecule has 2 aromatic heterocycles. The number of aromatic hydroxyl groups is 1. The molecule has 0 atom stereocenters. The van der Waals surface area contributed by atoms with Gasteiger partial charge in [0.2, 0.25) is 5.88 Å². The van der Waals surface area contributed by atoms with Crippen LogP contribution in [0.1, 0.15) is 44.7 Å². The predicted octanol–water partition coefficient (Wildman–Crippen LogP) is 3.80. The minimum atomic E-state index is 0.0124. The molecule has 0 amide bonds. The molecule has 0 saturated carbocycles. The topological polar surface area (TPSA) is 60.2 Å². The monoisotopic (exact) mass is 313 g/mol. The van der Waals surface area contributed by atoms with Gasteiger partial charge in [-0.2, -0.15) is 5.10 Å². The van der Waals surface area contributed by atoms with E-state index < -0.39 is 0 Å². The Hall–Kier alpha value is -2.30. The van der Waals surface area contributed by atoms with Crippen molar-refractivity contribution in [2.75, 3.05) is 6.61 Å². The first-order valence-corrected chi connectivity index (χ1v) is 8.29. The van der Waals surface area contributed by atoms with E-state index in [1.54, 1.807) is 18.3 Å². The van der Waals surface area contributed by atoms with E-state index in [1.807, 2.05) is 6.20 Å². The number of rotatable bonds is 6. The summed E-state index contributed by atoms with van der Waals surface area (Å²) in [7, 11) is 0. The number of aryl methyl sites for hydroxylation is 1. The number of nitrogens with zero attached hydrogens (tertiary/aromatic N) is 3. The number of ether oxygens (including phenoxy) is 1. The Bertz CT molecular complexity index is 674. The van der Waals surface area contributed by atoms with Gasteiger partial charge in [-0.3, -0.25) is 4.68 Å². The number of pyridine rings is 1. The third-order valence-corrected chi connectivity index (χ3v) is 4.18. The lowest BCUT2D eigenvalue weighted by Crippen LogP contribution is -2.12. The van der Waals surface area contributed by atoms with Gasteiger partial charge in [0.15, 0.2) is 0 Å². The summed E-state index contributed by atoms with van der Waals surface area (Å²) < 4.78 is 7.97. The van der Waals surface area contributed by atoms with Crippen LogP contribution in [0.25, 0.3) is 5.57 Å². The average Bonchev–Trinajstić information content (AvgIpc) is 3.03. The summed E-state index contributed by atoms with van der Waals surface area (Å²) in [6.07, 6.45) is 9.09. The van der Waals surface area contributed by atoms with Crippen LogP contribution in [0.4, 0.5) is 0 Å². The molecule has 3 rings (SSSR count). The fourth-order valence-electron chi connectivity index (χ4n) is 3.04. The molecule has 1 N–H and O–H groups in total. The molecule has 0 aliphatic heterocycles. The van der Waals surface area contributed by atoms with Crippen LogP contribution in [0.5, 0.6) is 11.6 Å². The minimum absolute atomic E-state index is 0.0124. The van der Waals surface area contributed by atoms with Gasteiger partial charge in [0.1, 0.15) is 12.4 Å². The van der Waals surface area contributed by atoms with Crippen molar-refractivity contribution < 1.29 is 9.84 Å². The molecule has 0 radical (unpaired) electrons. The zero-order valence-electron chi connectivity index (χ0n) is 13.5. The summed E-state index contributed by atoms with van der Waals surface area (Å²) in [4.78, 5) is 3.85. The maximum atomic E-state index is 9.24. The molecule has 0 bridgehead atoms. The lowest BCUT2D eigenvalue weighted by Gasteiger charge is -2.21. The van der Waals surface area contributed by atoms with E-state index in [9.17, 15) is 5.11 Å². The van der Waals surface area contributed by atoms with Gasteiger partial charge in [-0.05, 0) is 55.4 Å². The van der Waals surface area contributed by atoms with Gasteiger partial charge in [0, 0.05) is 18.8 Å². The van der Waals surface area contributed by atoms with E-state index in [4.69, 9.17) is 4.74 Å². The van der Waals surface area contributed by atoms with Crippen molar-refractivity contribution in [1.29, 1.82) is 0 Å². The van der Waals surface area contributed by atoms with Crippen molar-refractivity contribution in [3.05, 3.63) is 41.9 Å². The first kappa shape index (κ1) is 15.6. The SMILES string of the molecule is CCCn1nccc1C1=C(COc2ccc(O)nc2)CCCC1. The molecule has 2 aromatic rings. The van der Waals surface area contributed by atoms with Crippen molar-refractivity contribution in [3.8, 4) is 11.6 Å². The molecule has 0 spiro atoms. The number of aromatic nitrogens is 3. The van der Waals surface area contributed by atoms with E-state index in [0.29, 0.717) is 12.4 Å². The van der Waals surface area contributed by atoms with Gasteiger partial charge >= 0.3 is 0 Å². The van der Waals surface area contributed by atoms with Crippen molar-refractivity contribution in [2.45, 2.75) is 45.6 Å². The van der Waals surface area contributed by atoms with Crippen LogP contribution in [-0.4, -0.2) is 26.5 Å². The van der Waals surface area contributed by atoms with E-state index in [1.165, 1.54) is 29.7 Å². The van der Waals surface area contributed by atoms with Crippen molar-refractivity contribution in [2.24, 2.45) is 0 Å². The molecule has 0 unspecified atom stereocenters. The molecule has 0 fully saturated rings. The molecule has 1 aliphatic carbocycles. The van der Waals surface area contributed by atoms with Gasteiger partial charge in [-0.15, -0.1) is 0 Å². The second-order valence-corrected chi connectivity index (χ2v) is 5.87. The largest absolute Gasteiger partial charge is 0.493 e. The number of allylic oxidation sites excluding steroid dienone is 1. The van der Waals surface area contributed by atoms with Crippen molar-refractivity contribution >= 4 is 5.57 Å². The average molecular weight is 313 g/mol. The van der Waals surface area contributed by atoms with Gasteiger partial charge in [0.25, 0.3) is 0 Å². The van der Waals surface area contributed by atoms with E-state index in [-0.39, 0.29) is 5.88 Å². The van der Waals surface area contributed by atoms with Gasteiger partial charge in [0.05, 0.1) is 11.9 Å². The molecule has 5 heteroatoms. The highest BCUT2D eigenvalue weighted by atomic mass is 16.5. The standard InChI is InChI=1S/C18H23N3O2/c1-2-11-21-17(9-10-20-21)16-6-4-3-5-14(16)13-23-15-7-8-18(22)19-12-15/h7-10,12H,2-6,11,13H2,1H3,(H,19,22).